The van der Waals surface area contributed by atoms with E-state index in [9.17, 15) is 0 Å². The van der Waals surface area contributed by atoms with Gasteiger partial charge in [0.05, 0.1) is 6.54 Å². The van der Waals surface area contributed by atoms with Crippen molar-refractivity contribution in [1.82, 2.24) is 20.4 Å². The maximum Gasteiger partial charge on any atom is 0.213 e. The molecule has 2 atom stereocenters. The predicted molar refractivity (Wildman–Crippen MR) is 58.8 cm³/mol. The van der Waals surface area contributed by atoms with E-state index in [0.29, 0.717) is 12.1 Å². The highest BCUT2D eigenvalue weighted by atomic mass is 16.5. The molecular weight excluding hydrogens is 204 g/mol. The van der Waals surface area contributed by atoms with Gasteiger partial charge in [0.15, 0.2) is 5.82 Å². The molecule has 1 N–H and O–H groups in total. The van der Waals surface area contributed by atoms with Crippen LogP contribution in [0.15, 0.2) is 10.9 Å². The van der Waals surface area contributed by atoms with Gasteiger partial charge in [0, 0.05) is 12.1 Å². The predicted octanol–water partition coefficient (Wildman–Crippen LogP) is 0.786. The van der Waals surface area contributed by atoms with E-state index in [1.54, 1.807) is 0 Å². The monoisotopic (exact) mass is 222 g/mol. The van der Waals surface area contributed by atoms with Crippen LogP contribution in [-0.2, 0) is 6.54 Å². The van der Waals surface area contributed by atoms with Crippen LogP contribution in [0.1, 0.15) is 31.5 Å². The van der Waals surface area contributed by atoms with Crippen molar-refractivity contribution in [3.8, 4) is 0 Å². The lowest BCUT2D eigenvalue weighted by atomic mass is 10.0. The molecule has 0 aromatic carbocycles. The number of nitrogens with zero attached hydrogens (tertiary/aromatic N) is 3. The Kier molecular flexibility index (Phi) is 2.88. The summed E-state index contributed by atoms with van der Waals surface area (Å²) in [7, 11) is 0. The van der Waals surface area contributed by atoms with Crippen molar-refractivity contribution in [1.29, 1.82) is 0 Å². The van der Waals surface area contributed by atoms with Crippen molar-refractivity contribution < 1.29 is 4.52 Å². The number of hydrogen-bond donors (Lipinski definition) is 1. The zero-order chi connectivity index (χ0) is 10.8. The molecular formula is C11H18N4O. The van der Waals surface area contributed by atoms with Crippen LogP contribution in [0.25, 0.3) is 0 Å². The number of likely N-dealkylation sites (tertiary alicyclic amines) is 1. The third-order valence-electron chi connectivity index (χ3n) is 3.73. The Morgan fingerprint density at radius 1 is 1.44 bits per heavy atom. The lowest BCUT2D eigenvalue weighted by Gasteiger charge is -2.28. The average Bonchev–Trinajstić information content (AvgIpc) is 2.98. The fraction of sp³-hybridized carbons (Fsp3) is 0.818. The normalized spacial score (nSPS) is 31.2. The van der Waals surface area contributed by atoms with Gasteiger partial charge >= 0.3 is 0 Å². The summed E-state index contributed by atoms with van der Waals surface area (Å²) in [6, 6.07) is 1.34. The fourth-order valence-corrected chi connectivity index (χ4v) is 2.99. The summed E-state index contributed by atoms with van der Waals surface area (Å²) >= 11 is 0. The molecule has 0 spiro atoms. The van der Waals surface area contributed by atoms with E-state index in [-0.39, 0.29) is 0 Å². The number of hydrogen-bond acceptors (Lipinski definition) is 5. The topological polar surface area (TPSA) is 54.2 Å². The van der Waals surface area contributed by atoms with Gasteiger partial charge in [0.2, 0.25) is 6.39 Å². The Morgan fingerprint density at radius 3 is 3.19 bits per heavy atom. The van der Waals surface area contributed by atoms with Gasteiger partial charge in [0.1, 0.15) is 0 Å². The molecule has 5 heteroatoms. The third-order valence-corrected chi connectivity index (χ3v) is 3.73. The van der Waals surface area contributed by atoms with Crippen LogP contribution < -0.4 is 5.32 Å². The van der Waals surface area contributed by atoms with Gasteiger partial charge in [0.25, 0.3) is 0 Å². The number of nitrogens with one attached hydrogen (secondary N) is 1. The Labute approximate surface area is 95.2 Å². The van der Waals surface area contributed by atoms with Crippen LogP contribution in [-0.4, -0.2) is 40.2 Å². The summed E-state index contributed by atoms with van der Waals surface area (Å²) in [5.41, 5.74) is 0. The third kappa shape index (κ3) is 1.97. The standard InChI is InChI=1S/C11H18N4O/c1-3-9(12-5-1)10-4-2-6-15(10)7-11-13-8-16-14-11/h8-10,12H,1-7H2. The fourth-order valence-electron chi connectivity index (χ4n) is 2.99. The summed E-state index contributed by atoms with van der Waals surface area (Å²) in [6.07, 6.45) is 6.63. The second-order valence-electron chi connectivity index (χ2n) is 4.73. The van der Waals surface area contributed by atoms with Crippen molar-refractivity contribution in [2.75, 3.05) is 13.1 Å². The van der Waals surface area contributed by atoms with E-state index < -0.39 is 0 Å². The van der Waals surface area contributed by atoms with Crippen LogP contribution in [0.3, 0.4) is 0 Å². The van der Waals surface area contributed by atoms with Gasteiger partial charge in [-0.3, -0.25) is 4.90 Å². The van der Waals surface area contributed by atoms with Crippen molar-refractivity contribution in [2.24, 2.45) is 0 Å². The molecule has 3 heterocycles. The molecule has 0 aliphatic carbocycles. The quantitative estimate of drug-likeness (QED) is 0.819. The molecule has 16 heavy (non-hydrogen) atoms. The molecule has 2 saturated heterocycles. The highest BCUT2D eigenvalue weighted by molar-refractivity contribution is 4.93. The second-order valence-corrected chi connectivity index (χ2v) is 4.73. The summed E-state index contributed by atoms with van der Waals surface area (Å²) in [5, 5.41) is 7.49. The Bertz CT molecular complexity index is 321. The molecule has 0 saturated carbocycles. The molecule has 2 aliphatic heterocycles. The molecule has 0 bridgehead atoms. The molecule has 2 aliphatic rings. The molecule has 0 amide bonds. The lowest BCUT2D eigenvalue weighted by Crippen LogP contribution is -2.43. The first-order chi connectivity index (χ1) is 7.93. The summed E-state index contributed by atoms with van der Waals surface area (Å²) in [5.74, 6) is 0.810. The first kappa shape index (κ1) is 10.2. The maximum absolute atomic E-state index is 4.78. The Balaban J connectivity index is 1.64. The SMILES string of the molecule is c1nc(CN2CCCC2C2CCCN2)no1. The Morgan fingerprint density at radius 2 is 2.44 bits per heavy atom. The number of aromatic nitrogens is 2. The van der Waals surface area contributed by atoms with Crippen molar-refractivity contribution in [3.63, 3.8) is 0 Å². The zero-order valence-corrected chi connectivity index (χ0v) is 9.43. The summed E-state index contributed by atoms with van der Waals surface area (Å²) in [6.45, 7) is 3.17. The largest absolute Gasteiger partial charge is 0.343 e. The minimum absolute atomic E-state index is 0.668. The van der Waals surface area contributed by atoms with E-state index in [0.717, 1.165) is 18.9 Å². The summed E-state index contributed by atoms with van der Waals surface area (Å²) < 4.78 is 4.78. The average molecular weight is 222 g/mol. The Hall–Kier alpha value is -0.940. The van der Waals surface area contributed by atoms with E-state index in [1.807, 2.05) is 0 Å². The zero-order valence-electron chi connectivity index (χ0n) is 9.43. The van der Waals surface area contributed by atoms with Gasteiger partial charge in [-0.2, -0.15) is 4.98 Å². The highest BCUT2D eigenvalue weighted by Gasteiger charge is 2.33. The molecule has 2 fully saturated rings. The van der Waals surface area contributed by atoms with Gasteiger partial charge in [-0.05, 0) is 38.8 Å². The number of rotatable bonds is 3. The van der Waals surface area contributed by atoms with Crippen molar-refractivity contribution in [2.45, 2.75) is 44.3 Å². The molecule has 88 valence electrons. The van der Waals surface area contributed by atoms with Crippen LogP contribution in [0.5, 0.6) is 0 Å². The van der Waals surface area contributed by atoms with Gasteiger partial charge in [-0.15, -0.1) is 0 Å². The molecule has 1 aromatic rings. The van der Waals surface area contributed by atoms with E-state index in [4.69, 9.17) is 4.52 Å². The first-order valence-electron chi connectivity index (χ1n) is 6.16. The van der Waals surface area contributed by atoms with E-state index in [1.165, 1.54) is 38.6 Å². The maximum atomic E-state index is 4.78. The van der Waals surface area contributed by atoms with Crippen LogP contribution in [0.4, 0.5) is 0 Å². The molecule has 1 aromatic heterocycles. The summed E-state index contributed by atoms with van der Waals surface area (Å²) in [4.78, 5) is 6.59. The van der Waals surface area contributed by atoms with Crippen molar-refractivity contribution >= 4 is 0 Å². The lowest BCUT2D eigenvalue weighted by molar-refractivity contribution is 0.199. The van der Waals surface area contributed by atoms with Gasteiger partial charge in [-0.1, -0.05) is 5.16 Å². The van der Waals surface area contributed by atoms with Crippen LogP contribution in [0.2, 0.25) is 0 Å². The van der Waals surface area contributed by atoms with Gasteiger partial charge in [-0.25, -0.2) is 0 Å². The van der Waals surface area contributed by atoms with Crippen LogP contribution >= 0.6 is 0 Å². The van der Waals surface area contributed by atoms with Crippen molar-refractivity contribution in [3.05, 3.63) is 12.2 Å². The molecule has 3 rings (SSSR count). The van der Waals surface area contributed by atoms with E-state index >= 15 is 0 Å². The second kappa shape index (κ2) is 4.51. The van der Waals surface area contributed by atoms with E-state index in [2.05, 4.69) is 20.4 Å². The molecule has 5 nitrogen and oxygen atoms in total. The van der Waals surface area contributed by atoms with Gasteiger partial charge < -0.3 is 9.84 Å². The molecule has 0 radical (unpaired) electrons. The molecule has 2 unspecified atom stereocenters. The smallest absolute Gasteiger partial charge is 0.213 e. The van der Waals surface area contributed by atoms with Crippen LogP contribution in [0, 0.1) is 0 Å². The first-order valence-corrected chi connectivity index (χ1v) is 6.16. The minimum Gasteiger partial charge on any atom is -0.343 e. The minimum atomic E-state index is 0.668. The highest BCUT2D eigenvalue weighted by Crippen LogP contribution is 2.25.